The molecule has 0 spiro atoms. The summed E-state index contributed by atoms with van der Waals surface area (Å²) in [6.45, 7) is 0. The lowest BCUT2D eigenvalue weighted by Gasteiger charge is -2.20. The zero-order valence-electron chi connectivity index (χ0n) is 9.43. The smallest absolute Gasteiger partial charge is 0.132 e. The summed E-state index contributed by atoms with van der Waals surface area (Å²) in [5.41, 5.74) is 2.36. The van der Waals surface area contributed by atoms with Crippen LogP contribution in [0.15, 0.2) is 53.6 Å². The molecule has 0 aliphatic heterocycles. The molecule has 0 saturated heterocycles. The van der Waals surface area contributed by atoms with Crippen LogP contribution in [0.3, 0.4) is 0 Å². The molecule has 1 aliphatic rings. The molecule has 0 fully saturated rings. The van der Waals surface area contributed by atoms with Gasteiger partial charge in [-0.15, -0.1) is 0 Å². The highest BCUT2D eigenvalue weighted by Gasteiger charge is 2.17. The minimum Gasteiger partial charge on any atom is -0.192 e. The fraction of sp³-hybridized carbons (Fsp3) is 0.200. The van der Waals surface area contributed by atoms with Gasteiger partial charge < -0.3 is 0 Å². The molecular formula is C15H12N2. The van der Waals surface area contributed by atoms with Gasteiger partial charge in [-0.25, -0.2) is 0 Å². The summed E-state index contributed by atoms with van der Waals surface area (Å²) in [6, 6.07) is 14.2. The van der Waals surface area contributed by atoms with E-state index >= 15 is 0 Å². The van der Waals surface area contributed by atoms with Crippen molar-refractivity contribution in [3.8, 4) is 12.1 Å². The van der Waals surface area contributed by atoms with E-state index < -0.39 is 0 Å². The number of rotatable bonds is 1. The Morgan fingerprint density at radius 2 is 1.82 bits per heavy atom. The summed E-state index contributed by atoms with van der Waals surface area (Å²) in [7, 11) is 0. The molecule has 0 aromatic heterocycles. The van der Waals surface area contributed by atoms with Gasteiger partial charge in [0.1, 0.15) is 17.7 Å². The Morgan fingerprint density at radius 1 is 1.12 bits per heavy atom. The van der Waals surface area contributed by atoms with Gasteiger partial charge in [0.2, 0.25) is 0 Å². The number of nitrogens with zero attached hydrogens (tertiary/aromatic N) is 2. The highest BCUT2D eigenvalue weighted by Crippen LogP contribution is 2.32. The van der Waals surface area contributed by atoms with Gasteiger partial charge in [-0.3, -0.25) is 0 Å². The normalized spacial score (nSPS) is 18.2. The van der Waals surface area contributed by atoms with Crippen molar-refractivity contribution in [2.45, 2.75) is 18.8 Å². The molecule has 2 rings (SSSR count). The Bertz CT molecular complexity index is 523. The predicted molar refractivity (Wildman–Crippen MR) is 65.8 cm³/mol. The van der Waals surface area contributed by atoms with Gasteiger partial charge in [0.05, 0.1) is 0 Å². The largest absolute Gasteiger partial charge is 0.192 e. The molecular weight excluding hydrogens is 208 g/mol. The van der Waals surface area contributed by atoms with Crippen molar-refractivity contribution in [1.29, 1.82) is 10.5 Å². The van der Waals surface area contributed by atoms with E-state index in [4.69, 9.17) is 10.5 Å². The molecule has 82 valence electrons. The molecule has 0 heterocycles. The molecule has 0 amide bonds. The van der Waals surface area contributed by atoms with Gasteiger partial charge in [0.15, 0.2) is 0 Å². The second kappa shape index (κ2) is 5.14. The highest BCUT2D eigenvalue weighted by atomic mass is 14.3. The quantitative estimate of drug-likeness (QED) is 0.680. The third-order valence-electron chi connectivity index (χ3n) is 3.02. The number of nitriles is 2. The van der Waals surface area contributed by atoms with Crippen molar-refractivity contribution >= 4 is 0 Å². The lowest BCUT2D eigenvalue weighted by Crippen LogP contribution is -2.04. The third-order valence-corrected chi connectivity index (χ3v) is 3.02. The maximum Gasteiger partial charge on any atom is 0.132 e. The van der Waals surface area contributed by atoms with Crippen LogP contribution in [0, 0.1) is 22.7 Å². The van der Waals surface area contributed by atoms with Gasteiger partial charge >= 0.3 is 0 Å². The van der Waals surface area contributed by atoms with Crippen molar-refractivity contribution in [2.75, 3.05) is 0 Å². The minimum absolute atomic E-state index is 0.238. The van der Waals surface area contributed by atoms with Crippen LogP contribution in [-0.2, 0) is 0 Å². The summed E-state index contributed by atoms with van der Waals surface area (Å²) < 4.78 is 0. The van der Waals surface area contributed by atoms with E-state index in [0.29, 0.717) is 5.92 Å². The summed E-state index contributed by atoms with van der Waals surface area (Å²) in [6.07, 6.45) is 5.70. The Morgan fingerprint density at radius 3 is 2.47 bits per heavy atom. The van der Waals surface area contributed by atoms with Crippen LogP contribution >= 0.6 is 0 Å². The van der Waals surface area contributed by atoms with Gasteiger partial charge in [-0.05, 0) is 29.9 Å². The van der Waals surface area contributed by atoms with Gasteiger partial charge in [0.25, 0.3) is 0 Å². The highest BCUT2D eigenvalue weighted by molar-refractivity contribution is 5.46. The van der Waals surface area contributed by atoms with Gasteiger partial charge in [-0.2, -0.15) is 10.5 Å². The van der Waals surface area contributed by atoms with E-state index in [-0.39, 0.29) is 5.57 Å². The summed E-state index contributed by atoms with van der Waals surface area (Å²) in [4.78, 5) is 0. The molecule has 1 aliphatic carbocycles. The monoisotopic (exact) mass is 220 g/mol. The Hall–Kier alpha value is -2.32. The van der Waals surface area contributed by atoms with Crippen LogP contribution in [0.4, 0.5) is 0 Å². The first-order valence-electron chi connectivity index (χ1n) is 5.60. The first-order chi connectivity index (χ1) is 8.35. The Kier molecular flexibility index (Phi) is 3.38. The maximum atomic E-state index is 8.87. The van der Waals surface area contributed by atoms with E-state index in [1.54, 1.807) is 0 Å². The Balaban J connectivity index is 2.29. The van der Waals surface area contributed by atoms with Crippen LogP contribution in [0.2, 0.25) is 0 Å². The van der Waals surface area contributed by atoms with Crippen LogP contribution in [0.25, 0.3) is 0 Å². The molecule has 2 nitrogen and oxygen atoms in total. The summed E-state index contributed by atoms with van der Waals surface area (Å²) in [5, 5.41) is 17.7. The van der Waals surface area contributed by atoms with E-state index in [9.17, 15) is 0 Å². The molecule has 0 saturated carbocycles. The number of benzene rings is 1. The van der Waals surface area contributed by atoms with Crippen molar-refractivity contribution in [3.05, 3.63) is 59.2 Å². The van der Waals surface area contributed by atoms with Gasteiger partial charge in [0, 0.05) is 0 Å². The average molecular weight is 220 g/mol. The fourth-order valence-electron chi connectivity index (χ4n) is 2.12. The fourth-order valence-corrected chi connectivity index (χ4v) is 2.12. The van der Waals surface area contributed by atoms with Gasteiger partial charge in [-0.1, -0.05) is 42.5 Å². The first kappa shape index (κ1) is 11.2. The van der Waals surface area contributed by atoms with Crippen molar-refractivity contribution in [3.63, 3.8) is 0 Å². The van der Waals surface area contributed by atoms with Crippen LogP contribution in [-0.4, -0.2) is 0 Å². The van der Waals surface area contributed by atoms with Crippen molar-refractivity contribution < 1.29 is 0 Å². The second-order valence-electron chi connectivity index (χ2n) is 4.07. The van der Waals surface area contributed by atoms with Crippen LogP contribution < -0.4 is 0 Å². The minimum atomic E-state index is 0.238. The number of allylic oxidation sites excluding steroid dienone is 4. The van der Waals surface area contributed by atoms with Crippen molar-refractivity contribution in [2.24, 2.45) is 0 Å². The Labute approximate surface area is 101 Å². The van der Waals surface area contributed by atoms with Crippen molar-refractivity contribution in [1.82, 2.24) is 0 Å². The maximum absolute atomic E-state index is 8.87. The zero-order chi connectivity index (χ0) is 12.1. The van der Waals surface area contributed by atoms with Crippen LogP contribution in [0.1, 0.15) is 24.3 Å². The third kappa shape index (κ3) is 2.44. The summed E-state index contributed by atoms with van der Waals surface area (Å²) >= 11 is 0. The zero-order valence-corrected chi connectivity index (χ0v) is 9.43. The average Bonchev–Trinajstić information content (AvgIpc) is 2.42. The summed E-state index contributed by atoms with van der Waals surface area (Å²) in [5.74, 6) is 0.382. The number of hydrogen-bond donors (Lipinski definition) is 0. The molecule has 1 aromatic carbocycles. The molecule has 17 heavy (non-hydrogen) atoms. The molecule has 0 N–H and O–H groups in total. The van der Waals surface area contributed by atoms with E-state index in [0.717, 1.165) is 18.4 Å². The van der Waals surface area contributed by atoms with E-state index in [1.165, 1.54) is 5.56 Å². The first-order valence-corrected chi connectivity index (χ1v) is 5.60. The standard InChI is InChI=1S/C15H12N2/c16-10-15(11-17)14-8-4-7-13(9-14)12-5-2-1-3-6-12/h1-6,8,13H,7,9H2/t13-/m1/s1. The van der Waals surface area contributed by atoms with Crippen LogP contribution in [0.5, 0.6) is 0 Å². The van der Waals surface area contributed by atoms with E-state index in [1.807, 2.05) is 42.5 Å². The predicted octanol–water partition coefficient (Wildman–Crippen LogP) is 3.46. The molecule has 1 aromatic rings. The van der Waals surface area contributed by atoms with E-state index in [2.05, 4.69) is 12.1 Å². The SMILES string of the molecule is N#CC(C#N)=C1C=CC[C@@H](c2ccccc2)C1. The molecule has 1 atom stereocenters. The molecule has 2 heteroatoms. The lowest BCUT2D eigenvalue weighted by atomic mass is 9.84. The molecule has 0 radical (unpaired) electrons. The lowest BCUT2D eigenvalue weighted by molar-refractivity contribution is 0.679. The molecule has 0 bridgehead atoms. The topological polar surface area (TPSA) is 47.6 Å². The second-order valence-corrected chi connectivity index (χ2v) is 4.07. The number of hydrogen-bond acceptors (Lipinski definition) is 2. The molecule has 0 unspecified atom stereocenters.